The van der Waals surface area contributed by atoms with Crippen LogP contribution in [0.1, 0.15) is 55.9 Å². The number of rotatable bonds is 3. The lowest BCUT2D eigenvalue weighted by molar-refractivity contribution is 0.442. The summed E-state index contributed by atoms with van der Waals surface area (Å²) in [5.41, 5.74) is 9.72. The molecule has 0 saturated carbocycles. The molecule has 2 nitrogen and oxygen atoms in total. The summed E-state index contributed by atoms with van der Waals surface area (Å²) in [6, 6.07) is 17.2. The van der Waals surface area contributed by atoms with Gasteiger partial charge in [-0.25, -0.2) is 0 Å². The standard InChI is InChI=1S/C21H24N2/c1-15-13-16-9-5-7-11-18(16)20(15)19-12-8-6-10-17(19)14-22-23-21(2,3)4/h5-14,20,23H,1-4H3. The number of benzene rings is 2. The molecule has 2 aromatic carbocycles. The highest BCUT2D eigenvalue weighted by molar-refractivity contribution is 5.83. The van der Waals surface area contributed by atoms with Crippen molar-refractivity contribution >= 4 is 12.3 Å². The van der Waals surface area contributed by atoms with E-state index >= 15 is 0 Å². The highest BCUT2D eigenvalue weighted by Crippen LogP contribution is 2.41. The van der Waals surface area contributed by atoms with E-state index in [9.17, 15) is 0 Å². The van der Waals surface area contributed by atoms with Crippen molar-refractivity contribution in [3.05, 3.63) is 76.4 Å². The molecule has 2 aromatic rings. The van der Waals surface area contributed by atoms with Crippen LogP contribution in [0.4, 0.5) is 0 Å². The van der Waals surface area contributed by atoms with E-state index in [1.807, 2.05) is 6.21 Å². The van der Waals surface area contributed by atoms with Gasteiger partial charge in [-0.3, -0.25) is 0 Å². The fourth-order valence-corrected chi connectivity index (χ4v) is 3.08. The Morgan fingerprint density at radius 1 is 0.957 bits per heavy atom. The SMILES string of the molecule is CC1=Cc2ccccc2C1c1ccccc1C=NNC(C)(C)C. The number of allylic oxidation sites excluding steroid dienone is 1. The van der Waals surface area contributed by atoms with Crippen LogP contribution in [-0.2, 0) is 0 Å². The van der Waals surface area contributed by atoms with Crippen LogP contribution in [0.2, 0.25) is 0 Å². The molecule has 23 heavy (non-hydrogen) atoms. The lowest BCUT2D eigenvalue weighted by Gasteiger charge is -2.19. The minimum absolute atomic E-state index is 0.0266. The monoisotopic (exact) mass is 304 g/mol. The zero-order valence-corrected chi connectivity index (χ0v) is 14.3. The summed E-state index contributed by atoms with van der Waals surface area (Å²) in [7, 11) is 0. The van der Waals surface area contributed by atoms with E-state index < -0.39 is 0 Å². The van der Waals surface area contributed by atoms with Gasteiger partial charge in [-0.1, -0.05) is 60.2 Å². The summed E-state index contributed by atoms with van der Waals surface area (Å²) < 4.78 is 0. The van der Waals surface area contributed by atoms with E-state index in [-0.39, 0.29) is 5.54 Å². The summed E-state index contributed by atoms with van der Waals surface area (Å²) >= 11 is 0. The van der Waals surface area contributed by atoms with Crippen molar-refractivity contribution in [1.82, 2.24) is 5.43 Å². The second-order valence-electron chi connectivity index (χ2n) is 7.20. The van der Waals surface area contributed by atoms with E-state index in [4.69, 9.17) is 0 Å². The molecule has 0 aliphatic heterocycles. The van der Waals surface area contributed by atoms with Crippen LogP contribution < -0.4 is 5.43 Å². The van der Waals surface area contributed by atoms with Crippen LogP contribution in [0.25, 0.3) is 6.08 Å². The van der Waals surface area contributed by atoms with Gasteiger partial charge in [0.15, 0.2) is 0 Å². The van der Waals surface area contributed by atoms with Crippen molar-refractivity contribution < 1.29 is 0 Å². The fourth-order valence-electron chi connectivity index (χ4n) is 3.08. The van der Waals surface area contributed by atoms with Gasteiger partial charge in [-0.05, 0) is 49.9 Å². The van der Waals surface area contributed by atoms with Gasteiger partial charge in [0.1, 0.15) is 0 Å². The van der Waals surface area contributed by atoms with E-state index in [1.165, 1.54) is 27.8 Å². The second kappa shape index (κ2) is 6.04. The van der Waals surface area contributed by atoms with Gasteiger partial charge in [0.2, 0.25) is 0 Å². The van der Waals surface area contributed by atoms with E-state index in [0.29, 0.717) is 5.92 Å². The van der Waals surface area contributed by atoms with Crippen molar-refractivity contribution in [3.8, 4) is 0 Å². The Morgan fingerprint density at radius 3 is 2.35 bits per heavy atom. The van der Waals surface area contributed by atoms with Gasteiger partial charge in [-0.2, -0.15) is 5.10 Å². The third-order valence-electron chi connectivity index (χ3n) is 4.06. The highest BCUT2D eigenvalue weighted by Gasteiger charge is 2.25. The van der Waals surface area contributed by atoms with Crippen LogP contribution >= 0.6 is 0 Å². The van der Waals surface area contributed by atoms with Crippen LogP contribution in [0, 0.1) is 0 Å². The molecule has 1 unspecified atom stereocenters. The molecule has 1 aliphatic carbocycles. The molecular formula is C21H24N2. The molecule has 0 fully saturated rings. The molecule has 0 saturated heterocycles. The van der Waals surface area contributed by atoms with E-state index in [0.717, 1.165) is 0 Å². The number of hydrogen-bond acceptors (Lipinski definition) is 2. The molecule has 0 heterocycles. The summed E-state index contributed by atoms with van der Waals surface area (Å²) in [5.74, 6) is 0.323. The summed E-state index contributed by atoms with van der Waals surface area (Å²) in [5, 5.41) is 4.43. The summed E-state index contributed by atoms with van der Waals surface area (Å²) in [4.78, 5) is 0. The fraction of sp³-hybridized carbons (Fsp3) is 0.286. The molecule has 0 aromatic heterocycles. The van der Waals surface area contributed by atoms with Crippen LogP contribution in [0.5, 0.6) is 0 Å². The first-order valence-corrected chi connectivity index (χ1v) is 8.12. The Balaban J connectivity index is 1.97. The number of hydrogen-bond donors (Lipinski definition) is 1. The van der Waals surface area contributed by atoms with Gasteiger partial charge >= 0.3 is 0 Å². The summed E-state index contributed by atoms with van der Waals surface area (Å²) in [6.45, 7) is 8.54. The lowest BCUT2D eigenvalue weighted by atomic mass is 9.86. The maximum Gasteiger partial charge on any atom is 0.0543 e. The zero-order valence-electron chi connectivity index (χ0n) is 14.3. The minimum atomic E-state index is -0.0266. The smallest absolute Gasteiger partial charge is 0.0543 e. The van der Waals surface area contributed by atoms with Crippen LogP contribution in [0.3, 0.4) is 0 Å². The Kier molecular flexibility index (Phi) is 4.08. The lowest BCUT2D eigenvalue weighted by Crippen LogP contribution is -2.31. The first-order valence-electron chi connectivity index (χ1n) is 8.12. The molecule has 0 bridgehead atoms. The van der Waals surface area contributed by atoms with E-state index in [1.54, 1.807) is 0 Å². The number of fused-ring (bicyclic) bond motifs is 1. The van der Waals surface area contributed by atoms with Crippen molar-refractivity contribution in [2.45, 2.75) is 39.2 Å². The Labute approximate surface area is 138 Å². The van der Waals surface area contributed by atoms with Gasteiger partial charge in [0, 0.05) is 11.5 Å². The van der Waals surface area contributed by atoms with Crippen molar-refractivity contribution in [1.29, 1.82) is 0 Å². The molecule has 0 spiro atoms. The number of hydrazone groups is 1. The molecule has 1 aliphatic rings. The van der Waals surface area contributed by atoms with Gasteiger partial charge < -0.3 is 5.43 Å². The van der Waals surface area contributed by atoms with Crippen molar-refractivity contribution in [3.63, 3.8) is 0 Å². The average molecular weight is 304 g/mol. The molecule has 1 N–H and O–H groups in total. The molecule has 0 radical (unpaired) electrons. The molecule has 0 amide bonds. The zero-order chi connectivity index (χ0) is 16.4. The van der Waals surface area contributed by atoms with Crippen LogP contribution in [-0.4, -0.2) is 11.8 Å². The Bertz CT molecular complexity index is 763. The predicted molar refractivity (Wildman–Crippen MR) is 98.9 cm³/mol. The molecule has 1 atom stereocenters. The molecule has 118 valence electrons. The third-order valence-corrected chi connectivity index (χ3v) is 4.06. The molecule has 3 rings (SSSR count). The van der Waals surface area contributed by atoms with Crippen LogP contribution in [0.15, 0.2) is 59.2 Å². The Hall–Kier alpha value is -2.35. The maximum atomic E-state index is 4.43. The largest absolute Gasteiger partial charge is 0.305 e. The van der Waals surface area contributed by atoms with Gasteiger partial charge in [0.05, 0.1) is 6.21 Å². The Morgan fingerprint density at radius 2 is 1.61 bits per heavy atom. The molecule has 2 heteroatoms. The number of nitrogens with one attached hydrogen (secondary N) is 1. The first kappa shape index (κ1) is 15.5. The normalized spacial score (nSPS) is 17.2. The molecular weight excluding hydrogens is 280 g/mol. The topological polar surface area (TPSA) is 24.4 Å². The third kappa shape index (κ3) is 3.37. The van der Waals surface area contributed by atoms with Gasteiger partial charge in [0.25, 0.3) is 0 Å². The van der Waals surface area contributed by atoms with Crippen molar-refractivity contribution in [2.24, 2.45) is 5.10 Å². The minimum Gasteiger partial charge on any atom is -0.305 e. The van der Waals surface area contributed by atoms with Crippen molar-refractivity contribution in [2.75, 3.05) is 0 Å². The maximum absolute atomic E-state index is 4.43. The predicted octanol–water partition coefficient (Wildman–Crippen LogP) is 4.96. The number of nitrogens with zero attached hydrogens (tertiary/aromatic N) is 1. The highest BCUT2D eigenvalue weighted by atomic mass is 15.3. The summed E-state index contributed by atoms with van der Waals surface area (Å²) in [6.07, 6.45) is 4.23. The van der Waals surface area contributed by atoms with Gasteiger partial charge in [-0.15, -0.1) is 0 Å². The quantitative estimate of drug-likeness (QED) is 0.629. The average Bonchev–Trinajstić information content (AvgIpc) is 2.82. The van der Waals surface area contributed by atoms with E-state index in [2.05, 4.69) is 92.8 Å². The second-order valence-corrected chi connectivity index (χ2v) is 7.20. The first-order chi connectivity index (χ1) is 11.0.